The number of rotatable bonds is 5. The Balaban J connectivity index is 1.73. The van der Waals surface area contributed by atoms with Crippen LogP contribution in [0.3, 0.4) is 0 Å². The molecule has 2 heterocycles. The minimum Gasteiger partial charge on any atom is -0.466 e. The standard InChI is InChI=1S/C14H12FN3O2S2/c1-2-20-11(19)6-8-7-21-13(16-8)18-14-17-12-9(15)4-3-5-10(12)22-14/h3-5,7H,2,6H2,1H3,(H,16,17,18). The van der Waals surface area contributed by atoms with E-state index in [0.29, 0.717) is 28.1 Å². The molecule has 0 aliphatic heterocycles. The van der Waals surface area contributed by atoms with Gasteiger partial charge in [-0.05, 0) is 19.1 Å². The van der Waals surface area contributed by atoms with Gasteiger partial charge >= 0.3 is 5.97 Å². The molecule has 0 radical (unpaired) electrons. The predicted molar refractivity (Wildman–Crippen MR) is 85.3 cm³/mol. The fraction of sp³-hybridized carbons (Fsp3) is 0.214. The first kappa shape index (κ1) is 14.9. The third kappa shape index (κ3) is 3.23. The van der Waals surface area contributed by atoms with Crippen LogP contribution < -0.4 is 5.32 Å². The number of benzene rings is 1. The third-order valence-electron chi connectivity index (χ3n) is 2.77. The summed E-state index contributed by atoms with van der Waals surface area (Å²) >= 11 is 2.71. The van der Waals surface area contributed by atoms with E-state index in [2.05, 4.69) is 15.3 Å². The van der Waals surface area contributed by atoms with Crippen LogP contribution in [0.1, 0.15) is 12.6 Å². The van der Waals surface area contributed by atoms with Gasteiger partial charge in [-0.15, -0.1) is 11.3 Å². The zero-order chi connectivity index (χ0) is 15.5. The quantitative estimate of drug-likeness (QED) is 0.719. The van der Waals surface area contributed by atoms with E-state index in [1.165, 1.54) is 28.7 Å². The van der Waals surface area contributed by atoms with E-state index < -0.39 is 0 Å². The summed E-state index contributed by atoms with van der Waals surface area (Å²) < 4.78 is 19.3. The van der Waals surface area contributed by atoms with Gasteiger partial charge in [0.1, 0.15) is 11.3 Å². The molecule has 3 rings (SSSR count). The summed E-state index contributed by atoms with van der Waals surface area (Å²) in [6.45, 7) is 2.11. The van der Waals surface area contributed by atoms with Crippen LogP contribution in [0.25, 0.3) is 10.2 Å². The number of halogens is 1. The SMILES string of the molecule is CCOC(=O)Cc1csc(Nc2nc3c(F)cccc3s2)n1. The van der Waals surface area contributed by atoms with Crippen LogP contribution in [0.15, 0.2) is 23.6 Å². The zero-order valence-corrected chi connectivity index (χ0v) is 13.3. The van der Waals surface area contributed by atoms with Crippen molar-refractivity contribution in [3.8, 4) is 0 Å². The molecule has 2 aromatic heterocycles. The van der Waals surface area contributed by atoms with Gasteiger partial charge in [-0.25, -0.2) is 14.4 Å². The van der Waals surface area contributed by atoms with E-state index in [1.54, 1.807) is 18.4 Å². The van der Waals surface area contributed by atoms with Crippen molar-refractivity contribution in [2.75, 3.05) is 11.9 Å². The number of fused-ring (bicyclic) bond motifs is 1. The number of nitrogens with zero attached hydrogens (tertiary/aromatic N) is 2. The van der Waals surface area contributed by atoms with Gasteiger partial charge in [-0.1, -0.05) is 17.4 Å². The van der Waals surface area contributed by atoms with Crippen molar-refractivity contribution >= 4 is 49.1 Å². The lowest BCUT2D eigenvalue weighted by molar-refractivity contribution is -0.142. The van der Waals surface area contributed by atoms with Gasteiger partial charge in [0.15, 0.2) is 10.3 Å². The molecule has 8 heteroatoms. The normalized spacial score (nSPS) is 10.8. The maximum absolute atomic E-state index is 13.6. The molecule has 0 aliphatic carbocycles. The molecule has 1 N–H and O–H groups in total. The average molecular weight is 337 g/mol. The molecule has 0 unspecified atom stereocenters. The fourth-order valence-corrected chi connectivity index (χ4v) is 3.52. The predicted octanol–water partition coefficient (Wildman–Crippen LogP) is 3.74. The zero-order valence-electron chi connectivity index (χ0n) is 11.6. The van der Waals surface area contributed by atoms with Gasteiger partial charge in [0.25, 0.3) is 0 Å². The highest BCUT2D eigenvalue weighted by Gasteiger charge is 2.11. The second kappa shape index (κ2) is 6.37. The van der Waals surface area contributed by atoms with Crippen molar-refractivity contribution in [3.05, 3.63) is 35.1 Å². The highest BCUT2D eigenvalue weighted by Crippen LogP contribution is 2.30. The Bertz CT molecular complexity index is 815. The first-order valence-electron chi connectivity index (χ1n) is 6.58. The van der Waals surface area contributed by atoms with Gasteiger partial charge in [0.05, 0.1) is 23.4 Å². The Labute approximate surface area is 133 Å². The lowest BCUT2D eigenvalue weighted by atomic mass is 10.3. The largest absolute Gasteiger partial charge is 0.466 e. The minimum absolute atomic E-state index is 0.139. The second-order valence-electron chi connectivity index (χ2n) is 4.36. The Morgan fingerprint density at radius 2 is 2.23 bits per heavy atom. The van der Waals surface area contributed by atoms with Gasteiger partial charge < -0.3 is 10.1 Å². The van der Waals surface area contributed by atoms with E-state index in [9.17, 15) is 9.18 Å². The lowest BCUT2D eigenvalue weighted by Crippen LogP contribution is -2.07. The molecule has 0 saturated heterocycles. The Kier molecular flexibility index (Phi) is 4.30. The molecule has 0 bridgehead atoms. The van der Waals surface area contributed by atoms with Crippen molar-refractivity contribution in [1.82, 2.24) is 9.97 Å². The minimum atomic E-state index is -0.344. The van der Waals surface area contributed by atoms with Crippen LogP contribution in [0, 0.1) is 5.82 Å². The van der Waals surface area contributed by atoms with Crippen molar-refractivity contribution in [2.24, 2.45) is 0 Å². The number of hydrogen-bond acceptors (Lipinski definition) is 7. The molecule has 5 nitrogen and oxygen atoms in total. The van der Waals surface area contributed by atoms with Crippen LogP contribution in [-0.2, 0) is 16.0 Å². The van der Waals surface area contributed by atoms with Gasteiger partial charge in [-0.3, -0.25) is 4.79 Å². The highest BCUT2D eigenvalue weighted by atomic mass is 32.1. The summed E-state index contributed by atoms with van der Waals surface area (Å²) in [7, 11) is 0. The summed E-state index contributed by atoms with van der Waals surface area (Å²) in [4.78, 5) is 19.9. The van der Waals surface area contributed by atoms with Crippen LogP contribution in [0.5, 0.6) is 0 Å². The number of aromatic nitrogens is 2. The second-order valence-corrected chi connectivity index (χ2v) is 6.25. The Hall–Kier alpha value is -2.06. The molecule has 0 saturated carbocycles. The van der Waals surface area contributed by atoms with Crippen molar-refractivity contribution in [1.29, 1.82) is 0 Å². The van der Waals surface area contributed by atoms with E-state index in [1.807, 2.05) is 6.07 Å². The molecule has 0 aliphatic rings. The Morgan fingerprint density at radius 1 is 1.36 bits per heavy atom. The summed E-state index contributed by atoms with van der Waals surface area (Å²) in [5.74, 6) is -0.648. The molecule has 0 fully saturated rings. The molecule has 114 valence electrons. The molecule has 0 spiro atoms. The molecule has 1 aromatic carbocycles. The van der Waals surface area contributed by atoms with E-state index in [-0.39, 0.29) is 18.2 Å². The molecule has 0 amide bonds. The van der Waals surface area contributed by atoms with Crippen LogP contribution in [-0.4, -0.2) is 22.5 Å². The fourth-order valence-electron chi connectivity index (χ4n) is 1.87. The summed E-state index contributed by atoms with van der Waals surface area (Å²) in [5, 5.41) is 6.00. The molecule has 22 heavy (non-hydrogen) atoms. The van der Waals surface area contributed by atoms with E-state index in [0.717, 1.165) is 4.70 Å². The van der Waals surface area contributed by atoms with Crippen LogP contribution in [0.4, 0.5) is 14.7 Å². The number of nitrogens with one attached hydrogen (secondary N) is 1. The van der Waals surface area contributed by atoms with Gasteiger partial charge in [-0.2, -0.15) is 0 Å². The first-order chi connectivity index (χ1) is 10.7. The van der Waals surface area contributed by atoms with Gasteiger partial charge in [0, 0.05) is 5.38 Å². The van der Waals surface area contributed by atoms with Crippen molar-refractivity contribution in [2.45, 2.75) is 13.3 Å². The summed E-state index contributed by atoms with van der Waals surface area (Å²) in [6.07, 6.45) is 0.139. The highest BCUT2D eigenvalue weighted by molar-refractivity contribution is 7.22. The maximum atomic E-state index is 13.6. The summed E-state index contributed by atoms with van der Waals surface area (Å²) in [6, 6.07) is 4.85. The number of ether oxygens (including phenoxy) is 1. The molecular weight excluding hydrogens is 325 g/mol. The van der Waals surface area contributed by atoms with Crippen LogP contribution in [0.2, 0.25) is 0 Å². The maximum Gasteiger partial charge on any atom is 0.311 e. The number of thiazole rings is 2. The lowest BCUT2D eigenvalue weighted by Gasteiger charge is -1.98. The molecule has 3 aromatic rings. The first-order valence-corrected chi connectivity index (χ1v) is 8.27. The Morgan fingerprint density at radius 3 is 3.00 bits per heavy atom. The monoisotopic (exact) mass is 337 g/mol. The molecule has 0 atom stereocenters. The van der Waals surface area contributed by atoms with Crippen molar-refractivity contribution < 1.29 is 13.9 Å². The van der Waals surface area contributed by atoms with Gasteiger partial charge in [0.2, 0.25) is 0 Å². The number of carbonyl (C=O) groups is 1. The molecular formula is C14H12FN3O2S2. The van der Waals surface area contributed by atoms with E-state index in [4.69, 9.17) is 4.74 Å². The van der Waals surface area contributed by atoms with Crippen LogP contribution >= 0.6 is 22.7 Å². The number of esters is 1. The number of carbonyl (C=O) groups excluding carboxylic acids is 1. The number of para-hydroxylation sites is 1. The third-order valence-corrected chi connectivity index (χ3v) is 4.51. The average Bonchev–Trinajstić information content (AvgIpc) is 3.07. The smallest absolute Gasteiger partial charge is 0.311 e. The topological polar surface area (TPSA) is 64.1 Å². The number of hydrogen-bond donors (Lipinski definition) is 1. The van der Waals surface area contributed by atoms with Crippen molar-refractivity contribution in [3.63, 3.8) is 0 Å². The van der Waals surface area contributed by atoms with E-state index >= 15 is 0 Å². The number of anilines is 2. The summed E-state index contributed by atoms with van der Waals surface area (Å²) in [5.41, 5.74) is 0.983.